The summed E-state index contributed by atoms with van der Waals surface area (Å²) in [6.07, 6.45) is 1.57. The Hall–Kier alpha value is -3.20. The molecule has 1 aromatic heterocycles. The highest BCUT2D eigenvalue weighted by Gasteiger charge is 2.22. The third-order valence-corrected chi connectivity index (χ3v) is 5.75. The number of benzene rings is 2. The van der Waals surface area contributed by atoms with Crippen molar-refractivity contribution in [3.05, 3.63) is 54.1 Å². The van der Waals surface area contributed by atoms with Crippen molar-refractivity contribution < 1.29 is 13.9 Å². The van der Waals surface area contributed by atoms with Gasteiger partial charge in [0, 0.05) is 44.2 Å². The lowest BCUT2D eigenvalue weighted by Crippen LogP contribution is -2.51. The highest BCUT2D eigenvalue weighted by Crippen LogP contribution is 2.34. The van der Waals surface area contributed by atoms with Crippen molar-refractivity contribution in [1.82, 2.24) is 20.2 Å². The van der Waals surface area contributed by atoms with Crippen molar-refractivity contribution in [2.24, 2.45) is 0 Å². The summed E-state index contributed by atoms with van der Waals surface area (Å²) >= 11 is 5.56. The fourth-order valence-corrected chi connectivity index (χ4v) is 3.89. The number of thiocarbonyl (C=S) groups is 1. The average Bonchev–Trinajstić information content (AvgIpc) is 2.82. The molecule has 1 aliphatic heterocycles. The topological polar surface area (TPSA) is 62.8 Å². The van der Waals surface area contributed by atoms with Crippen LogP contribution >= 0.6 is 12.2 Å². The maximum Gasteiger partial charge on any atom is 0.169 e. The summed E-state index contributed by atoms with van der Waals surface area (Å²) < 4.78 is 23.9. The number of methoxy groups -OCH3 is 2. The highest BCUT2D eigenvalue weighted by molar-refractivity contribution is 7.80. The Balaban J connectivity index is 1.42. The van der Waals surface area contributed by atoms with Crippen LogP contribution in [0.2, 0.25) is 0 Å². The molecule has 1 aliphatic rings. The molecule has 7 nitrogen and oxygen atoms in total. The predicted octanol–water partition coefficient (Wildman–Crippen LogP) is 2.98. The van der Waals surface area contributed by atoms with E-state index in [0.29, 0.717) is 23.2 Å². The van der Waals surface area contributed by atoms with E-state index >= 15 is 0 Å². The maximum absolute atomic E-state index is 13.0. The Kier molecular flexibility index (Phi) is 6.31. The van der Waals surface area contributed by atoms with Gasteiger partial charge in [0.2, 0.25) is 0 Å². The van der Waals surface area contributed by atoms with Crippen molar-refractivity contribution in [2.45, 2.75) is 6.54 Å². The van der Waals surface area contributed by atoms with Gasteiger partial charge in [-0.1, -0.05) is 12.1 Å². The highest BCUT2D eigenvalue weighted by atomic mass is 32.1. The zero-order chi connectivity index (χ0) is 21.8. The molecule has 0 atom stereocenters. The normalized spacial score (nSPS) is 13.9. The van der Waals surface area contributed by atoms with Crippen molar-refractivity contribution in [1.29, 1.82) is 0 Å². The van der Waals surface area contributed by atoms with Gasteiger partial charge < -0.3 is 24.6 Å². The van der Waals surface area contributed by atoms with E-state index in [-0.39, 0.29) is 5.82 Å². The molecule has 1 fully saturated rings. The van der Waals surface area contributed by atoms with Crippen LogP contribution in [0.1, 0.15) is 5.56 Å². The first-order valence-corrected chi connectivity index (χ1v) is 10.4. The van der Waals surface area contributed by atoms with E-state index in [1.807, 2.05) is 12.1 Å². The summed E-state index contributed by atoms with van der Waals surface area (Å²) in [4.78, 5) is 13.3. The molecular weight excluding hydrogens is 417 g/mol. The van der Waals surface area contributed by atoms with E-state index in [1.165, 1.54) is 12.1 Å². The fourth-order valence-electron chi connectivity index (χ4n) is 3.63. The molecule has 1 saturated heterocycles. The van der Waals surface area contributed by atoms with Crippen LogP contribution in [0.15, 0.2) is 42.7 Å². The molecule has 0 amide bonds. The molecule has 0 unspecified atom stereocenters. The minimum Gasteiger partial charge on any atom is -0.493 e. The van der Waals surface area contributed by atoms with E-state index < -0.39 is 0 Å². The lowest BCUT2D eigenvalue weighted by molar-refractivity contribution is 0.355. The van der Waals surface area contributed by atoms with E-state index in [2.05, 4.69) is 25.1 Å². The molecule has 1 N–H and O–H groups in total. The average molecular weight is 442 g/mol. The van der Waals surface area contributed by atoms with E-state index in [9.17, 15) is 4.39 Å². The number of aromatic nitrogens is 2. The SMILES string of the molecule is COc1cc2ncnc(N3CCN(C(=S)NCc4ccc(F)cc4)CC3)c2cc1OC. The second-order valence-corrected chi connectivity index (χ2v) is 7.57. The maximum atomic E-state index is 13.0. The quantitative estimate of drug-likeness (QED) is 0.607. The first-order valence-electron chi connectivity index (χ1n) is 9.98. The Labute approximate surface area is 185 Å². The van der Waals surface area contributed by atoms with Gasteiger partial charge in [-0.25, -0.2) is 14.4 Å². The first-order chi connectivity index (χ1) is 15.1. The molecule has 0 bridgehead atoms. The lowest BCUT2D eigenvalue weighted by Gasteiger charge is -2.37. The van der Waals surface area contributed by atoms with E-state index in [0.717, 1.165) is 48.5 Å². The Morgan fingerprint density at radius 1 is 1.03 bits per heavy atom. The van der Waals surface area contributed by atoms with Crippen LogP contribution in [0.5, 0.6) is 11.5 Å². The summed E-state index contributed by atoms with van der Waals surface area (Å²) in [5, 5.41) is 4.88. The number of anilines is 1. The van der Waals surface area contributed by atoms with Gasteiger partial charge in [-0.05, 0) is 36.0 Å². The van der Waals surface area contributed by atoms with Crippen molar-refractivity contribution >= 4 is 34.1 Å². The number of fused-ring (bicyclic) bond motifs is 1. The van der Waals surface area contributed by atoms with Gasteiger partial charge in [-0.15, -0.1) is 0 Å². The van der Waals surface area contributed by atoms with Crippen LogP contribution in [0.4, 0.5) is 10.2 Å². The Morgan fingerprint density at radius 3 is 2.39 bits per heavy atom. The van der Waals surface area contributed by atoms with Gasteiger partial charge in [0.1, 0.15) is 18.0 Å². The molecule has 31 heavy (non-hydrogen) atoms. The van der Waals surface area contributed by atoms with Crippen molar-refractivity contribution in [2.75, 3.05) is 45.3 Å². The third-order valence-electron chi connectivity index (χ3n) is 5.34. The number of rotatable bonds is 5. The minimum atomic E-state index is -0.240. The van der Waals surface area contributed by atoms with Gasteiger partial charge in [-0.3, -0.25) is 0 Å². The van der Waals surface area contributed by atoms with E-state index in [1.54, 1.807) is 32.7 Å². The summed E-state index contributed by atoms with van der Waals surface area (Å²) in [6.45, 7) is 3.66. The molecule has 3 aromatic rings. The summed E-state index contributed by atoms with van der Waals surface area (Å²) in [7, 11) is 3.23. The Bertz CT molecular complexity index is 1070. The molecule has 0 radical (unpaired) electrons. The van der Waals surface area contributed by atoms with Gasteiger partial charge >= 0.3 is 0 Å². The molecule has 2 heterocycles. The molecule has 9 heteroatoms. The summed E-state index contributed by atoms with van der Waals surface area (Å²) in [5.41, 5.74) is 1.79. The van der Waals surface area contributed by atoms with Gasteiger partial charge in [0.25, 0.3) is 0 Å². The van der Waals surface area contributed by atoms with Crippen molar-refractivity contribution in [3.8, 4) is 11.5 Å². The largest absolute Gasteiger partial charge is 0.493 e. The lowest BCUT2D eigenvalue weighted by atomic mass is 10.2. The third kappa shape index (κ3) is 4.61. The molecule has 2 aromatic carbocycles. The summed E-state index contributed by atoms with van der Waals surface area (Å²) in [5.74, 6) is 1.92. The van der Waals surface area contributed by atoms with E-state index in [4.69, 9.17) is 21.7 Å². The molecule has 0 spiro atoms. The molecule has 4 rings (SSSR count). The monoisotopic (exact) mass is 441 g/mol. The summed E-state index contributed by atoms with van der Waals surface area (Å²) in [6, 6.07) is 10.2. The number of hydrogen-bond donors (Lipinski definition) is 1. The Morgan fingerprint density at radius 2 is 1.71 bits per heavy atom. The number of piperazine rings is 1. The standard InChI is InChI=1S/C22H24FN5O2S/c1-29-19-11-17-18(12-20(19)30-2)25-14-26-21(17)27-7-9-28(10-8-27)22(31)24-13-15-3-5-16(23)6-4-15/h3-6,11-12,14H,7-10,13H2,1-2H3,(H,24,31). The number of nitrogens with zero attached hydrogens (tertiary/aromatic N) is 4. The van der Waals surface area contributed by atoms with Gasteiger partial charge in [0.15, 0.2) is 16.6 Å². The van der Waals surface area contributed by atoms with Gasteiger partial charge in [-0.2, -0.15) is 0 Å². The number of halogens is 1. The van der Waals surface area contributed by atoms with Crippen LogP contribution < -0.4 is 19.7 Å². The van der Waals surface area contributed by atoms with Crippen LogP contribution in [-0.4, -0.2) is 60.4 Å². The van der Waals surface area contributed by atoms with Crippen LogP contribution in [0, 0.1) is 5.82 Å². The number of nitrogens with one attached hydrogen (secondary N) is 1. The molecular formula is C22H24FN5O2S. The second-order valence-electron chi connectivity index (χ2n) is 7.18. The van der Waals surface area contributed by atoms with Gasteiger partial charge in [0.05, 0.1) is 19.7 Å². The number of ether oxygens (including phenoxy) is 2. The molecule has 162 valence electrons. The zero-order valence-corrected chi connectivity index (χ0v) is 18.3. The smallest absolute Gasteiger partial charge is 0.169 e. The minimum absolute atomic E-state index is 0.240. The zero-order valence-electron chi connectivity index (χ0n) is 17.5. The van der Waals surface area contributed by atoms with Crippen LogP contribution in [-0.2, 0) is 6.54 Å². The molecule has 0 saturated carbocycles. The second kappa shape index (κ2) is 9.30. The van der Waals surface area contributed by atoms with Crippen LogP contribution in [0.25, 0.3) is 10.9 Å². The predicted molar refractivity (Wildman–Crippen MR) is 122 cm³/mol. The molecule has 0 aliphatic carbocycles. The van der Waals surface area contributed by atoms with Crippen molar-refractivity contribution in [3.63, 3.8) is 0 Å². The fraction of sp³-hybridized carbons (Fsp3) is 0.318. The van der Waals surface area contributed by atoms with Crippen LogP contribution in [0.3, 0.4) is 0 Å². The first kappa shape index (κ1) is 21.0. The number of hydrogen-bond acceptors (Lipinski definition) is 6.